The van der Waals surface area contributed by atoms with Crippen LogP contribution in [-0.4, -0.2) is 74.5 Å². The van der Waals surface area contributed by atoms with Crippen LogP contribution in [0.5, 0.6) is 0 Å². The lowest BCUT2D eigenvalue weighted by atomic mass is 10.3. The molecule has 0 unspecified atom stereocenters. The summed E-state index contributed by atoms with van der Waals surface area (Å²) in [7, 11) is 2.09. The summed E-state index contributed by atoms with van der Waals surface area (Å²) in [5, 5.41) is 6.37. The van der Waals surface area contributed by atoms with Crippen molar-refractivity contribution in [1.82, 2.24) is 20.4 Å². The van der Waals surface area contributed by atoms with Crippen molar-refractivity contribution in [3.8, 4) is 0 Å². The molecule has 1 fully saturated rings. The number of carbonyl (C=O) groups is 1. The largest absolute Gasteiger partial charge is 0.356 e. The topological polar surface area (TPSA) is 60.0 Å². The van der Waals surface area contributed by atoms with Crippen molar-refractivity contribution in [1.29, 1.82) is 0 Å². The molecule has 0 saturated carbocycles. The van der Waals surface area contributed by atoms with Gasteiger partial charge in [-0.15, -0.1) is 0 Å². The SMILES string of the molecule is CN1CCN(C(=O)CCNC2=NCCCN2)CC1. The van der Waals surface area contributed by atoms with Gasteiger partial charge in [0, 0.05) is 52.2 Å². The fraction of sp³-hybridized carbons (Fsp3) is 0.833. The number of aliphatic imine (C=N–C) groups is 1. The van der Waals surface area contributed by atoms with E-state index < -0.39 is 0 Å². The fourth-order valence-electron chi connectivity index (χ4n) is 2.15. The van der Waals surface area contributed by atoms with Gasteiger partial charge in [-0.3, -0.25) is 9.79 Å². The van der Waals surface area contributed by atoms with Crippen molar-refractivity contribution in [2.45, 2.75) is 12.8 Å². The van der Waals surface area contributed by atoms with E-state index in [9.17, 15) is 4.79 Å². The number of nitrogens with zero attached hydrogens (tertiary/aromatic N) is 3. The van der Waals surface area contributed by atoms with Gasteiger partial charge in [-0.1, -0.05) is 0 Å². The number of amides is 1. The van der Waals surface area contributed by atoms with E-state index in [-0.39, 0.29) is 5.91 Å². The summed E-state index contributed by atoms with van der Waals surface area (Å²) >= 11 is 0. The summed E-state index contributed by atoms with van der Waals surface area (Å²) in [5.74, 6) is 1.08. The van der Waals surface area contributed by atoms with E-state index in [0.29, 0.717) is 13.0 Å². The summed E-state index contributed by atoms with van der Waals surface area (Å²) in [5.41, 5.74) is 0. The molecule has 6 heteroatoms. The number of nitrogens with one attached hydrogen (secondary N) is 2. The van der Waals surface area contributed by atoms with Crippen LogP contribution in [0.15, 0.2) is 4.99 Å². The molecule has 0 atom stereocenters. The fourth-order valence-corrected chi connectivity index (χ4v) is 2.15. The van der Waals surface area contributed by atoms with Crippen LogP contribution in [0.2, 0.25) is 0 Å². The molecule has 0 radical (unpaired) electrons. The van der Waals surface area contributed by atoms with Gasteiger partial charge in [0.25, 0.3) is 0 Å². The third-order valence-corrected chi connectivity index (χ3v) is 3.38. The van der Waals surface area contributed by atoms with Gasteiger partial charge in [-0.2, -0.15) is 0 Å². The van der Waals surface area contributed by atoms with Crippen LogP contribution < -0.4 is 10.6 Å². The molecule has 102 valence electrons. The normalized spacial score (nSPS) is 21.2. The van der Waals surface area contributed by atoms with E-state index in [1.165, 1.54) is 0 Å². The Labute approximate surface area is 108 Å². The van der Waals surface area contributed by atoms with E-state index in [2.05, 4.69) is 27.6 Å². The summed E-state index contributed by atoms with van der Waals surface area (Å²) in [4.78, 5) is 20.5. The Balaban J connectivity index is 1.64. The van der Waals surface area contributed by atoms with Crippen molar-refractivity contribution in [3.63, 3.8) is 0 Å². The van der Waals surface area contributed by atoms with Crippen LogP contribution in [0.4, 0.5) is 0 Å². The molecule has 0 aromatic rings. The molecular formula is C12H23N5O. The number of guanidine groups is 1. The third-order valence-electron chi connectivity index (χ3n) is 3.38. The first kappa shape index (κ1) is 13.1. The number of hydrogen-bond acceptors (Lipinski definition) is 5. The van der Waals surface area contributed by atoms with E-state index in [0.717, 1.165) is 51.6 Å². The Hall–Kier alpha value is -1.30. The molecule has 2 aliphatic rings. The van der Waals surface area contributed by atoms with Gasteiger partial charge < -0.3 is 20.4 Å². The maximum atomic E-state index is 12.0. The Morgan fingerprint density at radius 2 is 2.17 bits per heavy atom. The minimum Gasteiger partial charge on any atom is -0.356 e. The van der Waals surface area contributed by atoms with Crippen LogP contribution in [0.25, 0.3) is 0 Å². The number of piperazine rings is 1. The van der Waals surface area contributed by atoms with Crippen LogP contribution in [0.3, 0.4) is 0 Å². The molecule has 0 bridgehead atoms. The number of carbonyl (C=O) groups excluding carboxylic acids is 1. The van der Waals surface area contributed by atoms with Crippen LogP contribution in [0.1, 0.15) is 12.8 Å². The van der Waals surface area contributed by atoms with Gasteiger partial charge in [0.2, 0.25) is 5.91 Å². The second-order valence-electron chi connectivity index (χ2n) is 4.87. The molecule has 2 aliphatic heterocycles. The summed E-state index contributed by atoms with van der Waals surface area (Å²) in [6.07, 6.45) is 1.63. The molecular weight excluding hydrogens is 230 g/mol. The highest BCUT2D eigenvalue weighted by Crippen LogP contribution is 2.01. The monoisotopic (exact) mass is 253 g/mol. The zero-order valence-corrected chi connectivity index (χ0v) is 11.1. The molecule has 0 spiro atoms. The second kappa shape index (κ2) is 6.58. The molecule has 6 nitrogen and oxygen atoms in total. The minimum atomic E-state index is 0.243. The number of likely N-dealkylation sites (N-methyl/N-ethyl adjacent to an activating group) is 1. The zero-order valence-electron chi connectivity index (χ0n) is 11.1. The van der Waals surface area contributed by atoms with Crippen LogP contribution in [0, 0.1) is 0 Å². The minimum absolute atomic E-state index is 0.243. The van der Waals surface area contributed by atoms with Crippen molar-refractivity contribution in [2.24, 2.45) is 4.99 Å². The van der Waals surface area contributed by atoms with Crippen molar-refractivity contribution < 1.29 is 4.79 Å². The number of rotatable bonds is 3. The Morgan fingerprint density at radius 3 is 2.83 bits per heavy atom. The molecule has 0 aromatic heterocycles. The lowest BCUT2D eigenvalue weighted by Gasteiger charge is -2.32. The Kier molecular flexibility index (Phi) is 4.81. The Bertz CT molecular complexity index is 310. The molecule has 0 aliphatic carbocycles. The predicted molar refractivity (Wildman–Crippen MR) is 71.6 cm³/mol. The zero-order chi connectivity index (χ0) is 12.8. The quantitative estimate of drug-likeness (QED) is 0.683. The first-order chi connectivity index (χ1) is 8.75. The molecule has 2 N–H and O–H groups in total. The van der Waals surface area contributed by atoms with Gasteiger partial charge in [-0.25, -0.2) is 0 Å². The standard InChI is InChI=1S/C12H23N5O/c1-16-7-9-17(10-8-16)11(18)3-6-15-12-13-4-2-5-14-12/h2-10H2,1H3,(H2,13,14,15). The van der Waals surface area contributed by atoms with E-state index in [4.69, 9.17) is 0 Å². The summed E-state index contributed by atoms with van der Waals surface area (Å²) in [6, 6.07) is 0. The van der Waals surface area contributed by atoms with Crippen molar-refractivity contribution >= 4 is 11.9 Å². The van der Waals surface area contributed by atoms with Gasteiger partial charge >= 0.3 is 0 Å². The van der Waals surface area contributed by atoms with Crippen LogP contribution in [-0.2, 0) is 4.79 Å². The molecule has 1 amide bonds. The highest BCUT2D eigenvalue weighted by Gasteiger charge is 2.18. The van der Waals surface area contributed by atoms with Crippen molar-refractivity contribution in [2.75, 3.05) is 52.9 Å². The second-order valence-corrected chi connectivity index (χ2v) is 4.87. The van der Waals surface area contributed by atoms with Crippen LogP contribution >= 0.6 is 0 Å². The smallest absolute Gasteiger partial charge is 0.224 e. The third kappa shape index (κ3) is 3.87. The molecule has 18 heavy (non-hydrogen) atoms. The summed E-state index contributed by atoms with van der Waals surface area (Å²) < 4.78 is 0. The van der Waals surface area contributed by atoms with Gasteiger partial charge in [0.1, 0.15) is 0 Å². The van der Waals surface area contributed by atoms with E-state index in [1.807, 2.05) is 4.90 Å². The Morgan fingerprint density at radius 1 is 1.39 bits per heavy atom. The number of hydrogen-bond donors (Lipinski definition) is 2. The lowest BCUT2D eigenvalue weighted by molar-refractivity contribution is -0.132. The lowest BCUT2D eigenvalue weighted by Crippen LogP contribution is -2.48. The van der Waals surface area contributed by atoms with E-state index in [1.54, 1.807) is 0 Å². The molecule has 1 saturated heterocycles. The first-order valence-corrected chi connectivity index (χ1v) is 6.74. The van der Waals surface area contributed by atoms with E-state index >= 15 is 0 Å². The molecule has 0 aromatic carbocycles. The maximum Gasteiger partial charge on any atom is 0.224 e. The molecule has 2 rings (SSSR count). The average molecular weight is 253 g/mol. The average Bonchev–Trinajstić information content (AvgIpc) is 2.40. The first-order valence-electron chi connectivity index (χ1n) is 6.74. The van der Waals surface area contributed by atoms with Gasteiger partial charge in [0.05, 0.1) is 0 Å². The van der Waals surface area contributed by atoms with Gasteiger partial charge in [0.15, 0.2) is 5.96 Å². The summed E-state index contributed by atoms with van der Waals surface area (Å²) in [6.45, 7) is 6.18. The molecule has 2 heterocycles. The maximum absolute atomic E-state index is 12.0. The highest BCUT2D eigenvalue weighted by molar-refractivity contribution is 5.81. The van der Waals surface area contributed by atoms with Crippen molar-refractivity contribution in [3.05, 3.63) is 0 Å². The predicted octanol–water partition coefficient (Wildman–Crippen LogP) is -0.911. The van der Waals surface area contributed by atoms with Gasteiger partial charge in [-0.05, 0) is 13.5 Å². The highest BCUT2D eigenvalue weighted by atomic mass is 16.2.